The molecule has 1 N–H and O–H groups in total. The van der Waals surface area contributed by atoms with E-state index in [9.17, 15) is 4.39 Å². The highest BCUT2D eigenvalue weighted by Gasteiger charge is 2.03. The van der Waals surface area contributed by atoms with Crippen molar-refractivity contribution in [1.82, 2.24) is 0 Å². The Labute approximate surface area is 100 Å². The standard InChI is InChI=1S/C11H9BrFNS/c12-8-5-6-15-11(8)7-14-10-4-2-1-3-9(10)13/h1-6,14H,7H2. The molecule has 2 rings (SSSR count). The lowest BCUT2D eigenvalue weighted by Gasteiger charge is -2.05. The number of nitrogens with one attached hydrogen (secondary N) is 1. The van der Waals surface area contributed by atoms with Gasteiger partial charge >= 0.3 is 0 Å². The lowest BCUT2D eigenvalue weighted by Crippen LogP contribution is -1.99. The molecular weight excluding hydrogens is 277 g/mol. The summed E-state index contributed by atoms with van der Waals surface area (Å²) in [5, 5.41) is 5.06. The predicted octanol–water partition coefficient (Wildman–Crippen LogP) is 4.26. The van der Waals surface area contributed by atoms with Crippen LogP contribution in [0.15, 0.2) is 40.2 Å². The molecule has 0 fully saturated rings. The monoisotopic (exact) mass is 285 g/mol. The first-order chi connectivity index (χ1) is 7.27. The summed E-state index contributed by atoms with van der Waals surface area (Å²) >= 11 is 5.08. The average molecular weight is 286 g/mol. The molecule has 15 heavy (non-hydrogen) atoms. The van der Waals surface area contributed by atoms with Crippen LogP contribution >= 0.6 is 27.3 Å². The van der Waals surface area contributed by atoms with E-state index in [0.29, 0.717) is 12.2 Å². The maximum atomic E-state index is 13.2. The summed E-state index contributed by atoms with van der Waals surface area (Å²) in [5.41, 5.74) is 0.540. The molecule has 0 amide bonds. The predicted molar refractivity (Wildman–Crippen MR) is 65.7 cm³/mol. The van der Waals surface area contributed by atoms with Gasteiger partial charge in [0.2, 0.25) is 0 Å². The van der Waals surface area contributed by atoms with Gasteiger partial charge < -0.3 is 5.32 Å². The summed E-state index contributed by atoms with van der Waals surface area (Å²) in [5.74, 6) is -0.217. The smallest absolute Gasteiger partial charge is 0.146 e. The highest BCUT2D eigenvalue weighted by atomic mass is 79.9. The quantitative estimate of drug-likeness (QED) is 0.888. The molecule has 0 unspecified atom stereocenters. The Morgan fingerprint density at radius 1 is 1.27 bits per heavy atom. The first-order valence-electron chi connectivity index (χ1n) is 4.47. The van der Waals surface area contributed by atoms with E-state index in [1.165, 1.54) is 10.9 Å². The fourth-order valence-electron chi connectivity index (χ4n) is 1.23. The third-order valence-electron chi connectivity index (χ3n) is 2.00. The highest BCUT2D eigenvalue weighted by Crippen LogP contribution is 2.24. The molecule has 0 spiro atoms. The van der Waals surface area contributed by atoms with Gasteiger partial charge in [-0.2, -0.15) is 0 Å². The van der Waals surface area contributed by atoms with Crippen molar-refractivity contribution in [3.63, 3.8) is 0 Å². The molecule has 2 aromatic rings. The molecule has 1 aromatic heterocycles. The van der Waals surface area contributed by atoms with Crippen molar-refractivity contribution >= 4 is 33.0 Å². The van der Waals surface area contributed by atoms with Gasteiger partial charge in [-0.3, -0.25) is 0 Å². The summed E-state index contributed by atoms with van der Waals surface area (Å²) in [6.07, 6.45) is 0. The number of thiophene rings is 1. The fourth-order valence-corrected chi connectivity index (χ4v) is 2.66. The molecule has 0 saturated heterocycles. The Kier molecular flexibility index (Phi) is 3.38. The molecule has 1 heterocycles. The maximum absolute atomic E-state index is 13.2. The van der Waals surface area contributed by atoms with Crippen LogP contribution in [0.3, 0.4) is 0 Å². The van der Waals surface area contributed by atoms with Crippen LogP contribution in [0, 0.1) is 5.82 Å². The zero-order chi connectivity index (χ0) is 10.7. The second kappa shape index (κ2) is 4.77. The number of hydrogen-bond donors (Lipinski definition) is 1. The fraction of sp³-hybridized carbons (Fsp3) is 0.0909. The highest BCUT2D eigenvalue weighted by molar-refractivity contribution is 9.10. The lowest BCUT2D eigenvalue weighted by molar-refractivity contribution is 0.630. The number of rotatable bonds is 3. The van der Waals surface area contributed by atoms with E-state index < -0.39 is 0 Å². The van der Waals surface area contributed by atoms with Gasteiger partial charge in [-0.25, -0.2) is 4.39 Å². The van der Waals surface area contributed by atoms with E-state index in [1.54, 1.807) is 23.5 Å². The number of benzene rings is 1. The van der Waals surface area contributed by atoms with Gasteiger partial charge in [-0.1, -0.05) is 12.1 Å². The van der Waals surface area contributed by atoms with Crippen LogP contribution in [0.2, 0.25) is 0 Å². The van der Waals surface area contributed by atoms with E-state index in [4.69, 9.17) is 0 Å². The number of anilines is 1. The largest absolute Gasteiger partial charge is 0.378 e. The van der Waals surface area contributed by atoms with Crippen LogP contribution in [-0.2, 0) is 6.54 Å². The summed E-state index contributed by atoms with van der Waals surface area (Å²) in [6, 6.07) is 8.67. The molecule has 0 bridgehead atoms. The Morgan fingerprint density at radius 3 is 2.73 bits per heavy atom. The van der Waals surface area contributed by atoms with Crippen LogP contribution in [0.5, 0.6) is 0 Å². The molecule has 0 atom stereocenters. The van der Waals surface area contributed by atoms with Crippen molar-refractivity contribution in [1.29, 1.82) is 0 Å². The maximum Gasteiger partial charge on any atom is 0.146 e. The Balaban J connectivity index is 2.06. The van der Waals surface area contributed by atoms with Crippen molar-refractivity contribution < 1.29 is 4.39 Å². The van der Waals surface area contributed by atoms with Gasteiger partial charge in [0.05, 0.1) is 12.2 Å². The average Bonchev–Trinajstić information content (AvgIpc) is 2.63. The third-order valence-corrected chi connectivity index (χ3v) is 3.93. The molecule has 78 valence electrons. The van der Waals surface area contributed by atoms with Gasteiger partial charge in [0.1, 0.15) is 5.82 Å². The second-order valence-electron chi connectivity index (χ2n) is 3.03. The molecule has 0 aliphatic heterocycles. The first kappa shape index (κ1) is 10.6. The van der Waals surface area contributed by atoms with Gasteiger partial charge in [0.25, 0.3) is 0 Å². The lowest BCUT2D eigenvalue weighted by atomic mass is 10.3. The van der Waals surface area contributed by atoms with E-state index in [1.807, 2.05) is 17.5 Å². The van der Waals surface area contributed by atoms with Crippen molar-refractivity contribution in [2.75, 3.05) is 5.32 Å². The van der Waals surface area contributed by atoms with Crippen molar-refractivity contribution in [3.8, 4) is 0 Å². The van der Waals surface area contributed by atoms with Gasteiger partial charge in [-0.05, 0) is 39.5 Å². The first-order valence-corrected chi connectivity index (χ1v) is 6.15. The normalized spacial score (nSPS) is 10.3. The molecule has 0 aliphatic rings. The minimum atomic E-state index is -0.217. The van der Waals surface area contributed by atoms with Crippen LogP contribution in [0.1, 0.15) is 4.88 Å². The number of para-hydroxylation sites is 1. The van der Waals surface area contributed by atoms with Crippen LogP contribution in [-0.4, -0.2) is 0 Å². The molecular formula is C11H9BrFNS. The zero-order valence-electron chi connectivity index (χ0n) is 7.84. The van der Waals surface area contributed by atoms with Crippen LogP contribution in [0.25, 0.3) is 0 Å². The Bertz CT molecular complexity index is 455. The summed E-state index contributed by atoms with van der Waals surface area (Å²) in [7, 11) is 0. The zero-order valence-corrected chi connectivity index (χ0v) is 10.2. The van der Waals surface area contributed by atoms with Gasteiger partial charge in [-0.15, -0.1) is 11.3 Å². The molecule has 0 aliphatic carbocycles. The minimum absolute atomic E-state index is 0.217. The summed E-state index contributed by atoms with van der Waals surface area (Å²) in [4.78, 5) is 1.17. The topological polar surface area (TPSA) is 12.0 Å². The van der Waals surface area contributed by atoms with E-state index in [-0.39, 0.29) is 5.82 Å². The van der Waals surface area contributed by atoms with Crippen molar-refractivity contribution in [2.45, 2.75) is 6.54 Å². The van der Waals surface area contributed by atoms with Crippen molar-refractivity contribution in [3.05, 3.63) is 50.9 Å². The number of halogens is 2. The molecule has 0 saturated carbocycles. The van der Waals surface area contributed by atoms with E-state index >= 15 is 0 Å². The van der Waals surface area contributed by atoms with Crippen LogP contribution < -0.4 is 5.32 Å². The number of hydrogen-bond acceptors (Lipinski definition) is 2. The van der Waals surface area contributed by atoms with Gasteiger partial charge in [0.15, 0.2) is 0 Å². The SMILES string of the molecule is Fc1ccccc1NCc1sccc1Br. The summed E-state index contributed by atoms with van der Waals surface area (Å²) in [6.45, 7) is 0.638. The van der Waals surface area contributed by atoms with Crippen molar-refractivity contribution in [2.24, 2.45) is 0 Å². The second-order valence-corrected chi connectivity index (χ2v) is 4.88. The molecule has 1 aromatic carbocycles. The van der Waals surface area contributed by atoms with E-state index in [2.05, 4.69) is 21.2 Å². The van der Waals surface area contributed by atoms with E-state index in [0.717, 1.165) is 4.47 Å². The minimum Gasteiger partial charge on any atom is -0.378 e. The Morgan fingerprint density at radius 2 is 2.07 bits per heavy atom. The summed E-state index contributed by atoms with van der Waals surface area (Å²) < 4.78 is 14.3. The Hall–Kier alpha value is -0.870. The molecule has 1 nitrogen and oxygen atoms in total. The van der Waals surface area contributed by atoms with Gasteiger partial charge in [0, 0.05) is 9.35 Å². The third kappa shape index (κ3) is 2.58. The van der Waals surface area contributed by atoms with Crippen LogP contribution in [0.4, 0.5) is 10.1 Å². The molecule has 0 radical (unpaired) electrons. The molecule has 4 heteroatoms.